The maximum atomic E-state index is 12.5. The van der Waals surface area contributed by atoms with Crippen LogP contribution in [0.4, 0.5) is 0 Å². The monoisotopic (exact) mass is 796 g/mol. The number of fused-ring (bicyclic) bond motifs is 8. The Morgan fingerprint density at radius 3 is 0.948 bits per heavy atom. The number of para-hydroxylation sites is 2. The maximum absolute atomic E-state index is 12.5. The van der Waals surface area contributed by atoms with Crippen molar-refractivity contribution in [3.8, 4) is 34.5 Å². The lowest BCUT2D eigenvalue weighted by molar-refractivity contribution is -0.146. The summed E-state index contributed by atoms with van der Waals surface area (Å²) < 4.78 is 49.2. The molecule has 0 spiro atoms. The highest BCUT2D eigenvalue weighted by atomic mass is 16.6. The fourth-order valence-electron chi connectivity index (χ4n) is 7.04. The number of esters is 2. The lowest BCUT2D eigenvalue weighted by Gasteiger charge is -2.23. The van der Waals surface area contributed by atoms with Crippen molar-refractivity contribution in [1.82, 2.24) is 0 Å². The van der Waals surface area contributed by atoms with Crippen molar-refractivity contribution in [3.05, 3.63) is 105 Å². The molecule has 0 amide bonds. The highest BCUT2D eigenvalue weighted by Gasteiger charge is 2.24. The van der Waals surface area contributed by atoms with E-state index in [1.54, 1.807) is 13.8 Å². The Bertz CT molecular complexity index is 1740. The van der Waals surface area contributed by atoms with Crippen molar-refractivity contribution in [2.45, 2.75) is 92.9 Å². The third kappa shape index (κ3) is 11.8. The molecule has 5 rings (SSSR count). The van der Waals surface area contributed by atoms with Gasteiger partial charge in [-0.05, 0) is 86.1 Å². The normalized spacial score (nSPS) is 12.0. The SMILES string of the molecule is CCCOc1c2cccc1Cc1cc(OCC(=O)OCC)cc(c1OCCC)Cc1cccc(c1OCCC)Cc1cc(OCC(=O)OCC)cc(c1OCCC)C2. The minimum Gasteiger partial charge on any atom is -0.493 e. The lowest BCUT2D eigenvalue weighted by Crippen LogP contribution is -2.15. The highest BCUT2D eigenvalue weighted by molar-refractivity contribution is 5.71. The smallest absolute Gasteiger partial charge is 0.344 e. The molecular formula is C48H60O10. The zero-order valence-corrected chi connectivity index (χ0v) is 35.2. The van der Waals surface area contributed by atoms with Gasteiger partial charge in [-0.3, -0.25) is 0 Å². The van der Waals surface area contributed by atoms with Crippen molar-refractivity contribution in [2.75, 3.05) is 52.9 Å². The third-order valence-corrected chi connectivity index (χ3v) is 9.44. The molecule has 0 unspecified atom stereocenters. The van der Waals surface area contributed by atoms with Crippen molar-refractivity contribution in [3.63, 3.8) is 0 Å². The zero-order chi connectivity index (χ0) is 41.3. The van der Waals surface area contributed by atoms with Gasteiger partial charge in [-0.2, -0.15) is 0 Å². The Labute approximate surface area is 344 Å². The van der Waals surface area contributed by atoms with E-state index in [1.165, 1.54) is 0 Å². The van der Waals surface area contributed by atoms with Gasteiger partial charge in [0, 0.05) is 47.9 Å². The van der Waals surface area contributed by atoms with E-state index in [9.17, 15) is 9.59 Å². The highest BCUT2D eigenvalue weighted by Crippen LogP contribution is 2.41. The molecule has 0 aliphatic heterocycles. The molecule has 8 bridgehead atoms. The molecule has 0 heterocycles. The molecule has 312 valence electrons. The van der Waals surface area contributed by atoms with Crippen LogP contribution in [0.15, 0.2) is 60.7 Å². The van der Waals surface area contributed by atoms with Gasteiger partial charge in [0.15, 0.2) is 13.2 Å². The van der Waals surface area contributed by atoms with E-state index in [0.29, 0.717) is 63.6 Å². The third-order valence-electron chi connectivity index (χ3n) is 9.44. The van der Waals surface area contributed by atoms with E-state index in [4.69, 9.17) is 37.9 Å². The van der Waals surface area contributed by atoms with Crippen molar-refractivity contribution >= 4 is 11.9 Å². The van der Waals surface area contributed by atoms with Crippen LogP contribution in [0.2, 0.25) is 0 Å². The second-order valence-corrected chi connectivity index (χ2v) is 14.2. The Balaban J connectivity index is 1.79. The summed E-state index contributed by atoms with van der Waals surface area (Å²) in [5.41, 5.74) is 7.55. The molecule has 4 aromatic carbocycles. The van der Waals surface area contributed by atoms with Gasteiger partial charge >= 0.3 is 11.9 Å². The summed E-state index contributed by atoms with van der Waals surface area (Å²) in [7, 11) is 0. The Morgan fingerprint density at radius 2 is 0.690 bits per heavy atom. The fourth-order valence-corrected chi connectivity index (χ4v) is 7.04. The van der Waals surface area contributed by atoms with Crippen LogP contribution in [-0.4, -0.2) is 64.8 Å². The number of carbonyl (C=O) groups is 2. The summed E-state index contributed by atoms with van der Waals surface area (Å²) in [5, 5.41) is 0. The molecule has 0 saturated carbocycles. The summed E-state index contributed by atoms with van der Waals surface area (Å²) in [6.45, 7) is 14.1. The maximum Gasteiger partial charge on any atom is 0.344 e. The van der Waals surface area contributed by atoms with Crippen LogP contribution in [-0.2, 0) is 44.7 Å². The van der Waals surface area contributed by atoms with Crippen LogP contribution in [0.1, 0.15) is 112 Å². The molecular weight excluding hydrogens is 737 g/mol. The van der Waals surface area contributed by atoms with E-state index in [0.717, 1.165) is 93.2 Å². The van der Waals surface area contributed by atoms with Gasteiger partial charge in [-0.25, -0.2) is 9.59 Å². The Hall–Kier alpha value is -5.38. The van der Waals surface area contributed by atoms with Crippen molar-refractivity contribution in [1.29, 1.82) is 0 Å². The Morgan fingerprint density at radius 1 is 0.414 bits per heavy atom. The van der Waals surface area contributed by atoms with Crippen LogP contribution in [0.5, 0.6) is 34.5 Å². The first-order chi connectivity index (χ1) is 28.3. The lowest BCUT2D eigenvalue weighted by atomic mass is 9.91. The number of rotatable bonds is 20. The summed E-state index contributed by atoms with van der Waals surface area (Å²) in [5.74, 6) is 3.36. The molecule has 0 saturated heterocycles. The predicted octanol–water partition coefficient (Wildman–Crippen LogP) is 9.40. The molecule has 58 heavy (non-hydrogen) atoms. The number of hydrogen-bond donors (Lipinski definition) is 0. The van der Waals surface area contributed by atoms with E-state index in [2.05, 4.69) is 64.1 Å². The van der Waals surface area contributed by atoms with Crippen LogP contribution in [0.3, 0.4) is 0 Å². The van der Waals surface area contributed by atoms with Crippen LogP contribution in [0, 0.1) is 0 Å². The largest absolute Gasteiger partial charge is 0.493 e. The number of ether oxygens (including phenoxy) is 8. The second kappa shape index (κ2) is 22.5. The molecule has 0 N–H and O–H groups in total. The van der Waals surface area contributed by atoms with Gasteiger partial charge in [0.2, 0.25) is 0 Å². The van der Waals surface area contributed by atoms with Gasteiger partial charge in [-0.1, -0.05) is 64.1 Å². The fraction of sp³-hybridized carbons (Fsp3) is 0.458. The molecule has 10 nitrogen and oxygen atoms in total. The van der Waals surface area contributed by atoms with E-state index >= 15 is 0 Å². The molecule has 0 fully saturated rings. The van der Waals surface area contributed by atoms with Crippen molar-refractivity contribution in [2.24, 2.45) is 0 Å². The summed E-state index contributed by atoms with van der Waals surface area (Å²) in [6.07, 6.45) is 5.20. The van der Waals surface area contributed by atoms with Gasteiger partial charge < -0.3 is 37.9 Å². The molecule has 0 aromatic heterocycles. The van der Waals surface area contributed by atoms with E-state index in [1.807, 2.05) is 24.3 Å². The quantitative estimate of drug-likeness (QED) is 0.0708. The minimum atomic E-state index is -0.433. The van der Waals surface area contributed by atoms with Gasteiger partial charge in [0.05, 0.1) is 39.6 Å². The van der Waals surface area contributed by atoms with E-state index < -0.39 is 11.9 Å². The number of carbonyl (C=O) groups excluding carboxylic acids is 2. The molecule has 4 aromatic rings. The van der Waals surface area contributed by atoms with Gasteiger partial charge in [0.25, 0.3) is 0 Å². The second-order valence-electron chi connectivity index (χ2n) is 14.2. The summed E-state index contributed by atoms with van der Waals surface area (Å²) in [4.78, 5) is 24.9. The van der Waals surface area contributed by atoms with Crippen LogP contribution >= 0.6 is 0 Å². The molecule has 1 aliphatic rings. The summed E-state index contributed by atoms with van der Waals surface area (Å²) >= 11 is 0. The van der Waals surface area contributed by atoms with Crippen LogP contribution < -0.4 is 28.4 Å². The average Bonchev–Trinajstić information content (AvgIpc) is 3.21. The zero-order valence-electron chi connectivity index (χ0n) is 35.2. The number of benzene rings is 4. The van der Waals surface area contributed by atoms with Gasteiger partial charge in [0.1, 0.15) is 34.5 Å². The standard InChI is InChI=1S/C48H60O10/c1-7-19-53-45-33-15-13-16-34(45)24-38-28-42(58-32-44(50)52-12-6)30-40(48(38)56-22-10-4)26-36-18-14-17-35(46(36)54-20-8-2)25-39-29-41(57-31-43(49)51-11-5)27-37(23-33)47(39)55-21-9-3/h13-18,27-30H,7-12,19-26,31-32H2,1-6H3. The van der Waals surface area contributed by atoms with E-state index in [-0.39, 0.29) is 26.4 Å². The number of hydrogen-bond acceptors (Lipinski definition) is 10. The predicted molar refractivity (Wildman–Crippen MR) is 224 cm³/mol. The molecule has 0 atom stereocenters. The Kier molecular flexibility index (Phi) is 17.0. The topological polar surface area (TPSA) is 108 Å². The minimum absolute atomic E-state index is 0.214. The van der Waals surface area contributed by atoms with Crippen molar-refractivity contribution < 1.29 is 47.5 Å². The first-order valence-electron chi connectivity index (χ1n) is 20.9. The summed E-state index contributed by atoms with van der Waals surface area (Å²) in [6, 6.07) is 20.3. The molecule has 10 heteroatoms. The first-order valence-corrected chi connectivity index (χ1v) is 20.9. The molecule has 0 radical (unpaired) electrons. The average molecular weight is 797 g/mol. The van der Waals surface area contributed by atoms with Crippen LogP contribution in [0.25, 0.3) is 0 Å². The molecule has 1 aliphatic carbocycles. The first kappa shape index (κ1) is 43.7. The van der Waals surface area contributed by atoms with Gasteiger partial charge in [-0.15, -0.1) is 0 Å².